The number of nitrogens with one attached hydrogen (secondary N) is 2. The fourth-order valence-corrected chi connectivity index (χ4v) is 2.74. The number of amides is 1. The number of carbonyl (C=O) groups excluding carboxylic acids is 1. The molecular formula is C15H21Cl3N2O2. The first-order valence-electron chi connectivity index (χ1n) is 7.23. The average Bonchev–Trinajstić information content (AvgIpc) is 2.46. The Hall–Kier alpha value is -0.680. The van der Waals surface area contributed by atoms with Gasteiger partial charge < -0.3 is 15.4 Å². The zero-order valence-corrected chi connectivity index (χ0v) is 14.6. The first-order chi connectivity index (χ1) is 10.1. The van der Waals surface area contributed by atoms with Crippen LogP contribution in [0.5, 0.6) is 5.75 Å². The number of halogens is 3. The molecular weight excluding hydrogens is 347 g/mol. The number of rotatable bonds is 6. The van der Waals surface area contributed by atoms with Crippen molar-refractivity contribution < 1.29 is 9.53 Å². The van der Waals surface area contributed by atoms with Gasteiger partial charge in [-0.1, -0.05) is 23.2 Å². The van der Waals surface area contributed by atoms with Crippen LogP contribution in [0.2, 0.25) is 10.0 Å². The Morgan fingerprint density at radius 2 is 2.05 bits per heavy atom. The van der Waals surface area contributed by atoms with Crippen LogP contribution in [-0.2, 0) is 4.79 Å². The molecule has 0 unspecified atom stereocenters. The normalized spacial score (nSPS) is 15.0. The molecule has 1 saturated heterocycles. The number of piperidine rings is 1. The van der Waals surface area contributed by atoms with Crippen LogP contribution < -0.4 is 15.4 Å². The van der Waals surface area contributed by atoms with E-state index in [-0.39, 0.29) is 18.3 Å². The summed E-state index contributed by atoms with van der Waals surface area (Å²) < 4.78 is 5.55. The number of ether oxygens (including phenoxy) is 1. The van der Waals surface area contributed by atoms with Crippen LogP contribution in [0.3, 0.4) is 0 Å². The van der Waals surface area contributed by atoms with Gasteiger partial charge >= 0.3 is 0 Å². The summed E-state index contributed by atoms with van der Waals surface area (Å²) >= 11 is 11.8. The van der Waals surface area contributed by atoms with Crippen LogP contribution >= 0.6 is 35.6 Å². The molecule has 4 nitrogen and oxygen atoms in total. The van der Waals surface area contributed by atoms with Crippen molar-refractivity contribution in [2.75, 3.05) is 19.7 Å². The molecule has 1 fully saturated rings. The molecule has 1 amide bonds. The van der Waals surface area contributed by atoms with Gasteiger partial charge in [-0.2, -0.15) is 0 Å². The van der Waals surface area contributed by atoms with Gasteiger partial charge in [0, 0.05) is 17.5 Å². The highest BCUT2D eigenvalue weighted by Gasteiger charge is 2.14. The van der Waals surface area contributed by atoms with Gasteiger partial charge in [0.15, 0.2) is 0 Å². The van der Waals surface area contributed by atoms with Gasteiger partial charge in [-0.15, -0.1) is 12.4 Å². The van der Waals surface area contributed by atoms with Gasteiger partial charge in [0.05, 0.1) is 11.6 Å². The second kappa shape index (κ2) is 10.2. The van der Waals surface area contributed by atoms with Gasteiger partial charge in [0.25, 0.3) is 0 Å². The first-order valence-corrected chi connectivity index (χ1v) is 7.98. The van der Waals surface area contributed by atoms with E-state index in [0.29, 0.717) is 41.3 Å². The van der Waals surface area contributed by atoms with Gasteiger partial charge in [-0.05, 0) is 50.6 Å². The molecule has 2 rings (SSSR count). The molecule has 1 aliphatic rings. The largest absolute Gasteiger partial charge is 0.492 e. The molecule has 7 heteroatoms. The molecule has 0 bridgehead atoms. The van der Waals surface area contributed by atoms with E-state index >= 15 is 0 Å². The Balaban J connectivity index is 0.00000242. The van der Waals surface area contributed by atoms with E-state index in [1.165, 1.54) is 0 Å². The van der Waals surface area contributed by atoms with E-state index in [4.69, 9.17) is 27.9 Å². The maximum absolute atomic E-state index is 11.8. The Kier molecular flexibility index (Phi) is 8.95. The minimum atomic E-state index is 0. The van der Waals surface area contributed by atoms with Crippen molar-refractivity contribution in [3.8, 4) is 5.75 Å². The van der Waals surface area contributed by atoms with Crippen molar-refractivity contribution >= 4 is 41.5 Å². The van der Waals surface area contributed by atoms with Crippen molar-refractivity contribution in [2.45, 2.75) is 31.7 Å². The lowest BCUT2D eigenvalue weighted by Crippen LogP contribution is -2.42. The van der Waals surface area contributed by atoms with Crippen LogP contribution in [-0.4, -0.2) is 31.6 Å². The Bertz CT molecular complexity index is 480. The number of hydrogen-bond donors (Lipinski definition) is 2. The summed E-state index contributed by atoms with van der Waals surface area (Å²) in [6.45, 7) is 2.41. The molecule has 1 heterocycles. The fourth-order valence-electron chi connectivity index (χ4n) is 2.27. The Labute approximate surface area is 147 Å². The molecule has 124 valence electrons. The number of hydrogen-bond acceptors (Lipinski definition) is 3. The highest BCUT2D eigenvalue weighted by Crippen LogP contribution is 2.27. The second-order valence-corrected chi connectivity index (χ2v) is 5.96. The van der Waals surface area contributed by atoms with Crippen LogP contribution in [0.1, 0.15) is 25.7 Å². The lowest BCUT2D eigenvalue weighted by atomic mass is 10.1. The molecule has 0 atom stereocenters. The van der Waals surface area contributed by atoms with Crippen LogP contribution in [0.4, 0.5) is 0 Å². The standard InChI is InChI=1S/C15H20Cl2N2O2.ClH/c16-11-3-4-14(13(17)10-11)21-9-1-2-15(20)19-12-5-7-18-8-6-12;/h3-4,10,12,18H,1-2,5-9H2,(H,19,20);1H. The minimum Gasteiger partial charge on any atom is -0.492 e. The van der Waals surface area contributed by atoms with Crippen molar-refractivity contribution in [2.24, 2.45) is 0 Å². The molecule has 0 radical (unpaired) electrons. The number of benzene rings is 1. The highest BCUT2D eigenvalue weighted by atomic mass is 35.5. The second-order valence-electron chi connectivity index (χ2n) is 5.12. The zero-order chi connectivity index (χ0) is 15.1. The summed E-state index contributed by atoms with van der Waals surface area (Å²) in [5.74, 6) is 0.688. The molecule has 22 heavy (non-hydrogen) atoms. The summed E-state index contributed by atoms with van der Waals surface area (Å²) in [4.78, 5) is 11.8. The monoisotopic (exact) mass is 366 g/mol. The molecule has 1 aliphatic heterocycles. The van der Waals surface area contributed by atoms with Crippen molar-refractivity contribution in [1.29, 1.82) is 0 Å². The van der Waals surface area contributed by atoms with Gasteiger partial charge in [-0.25, -0.2) is 0 Å². The average molecular weight is 368 g/mol. The first kappa shape index (κ1) is 19.4. The molecule has 1 aromatic rings. The van der Waals surface area contributed by atoms with Crippen molar-refractivity contribution in [1.82, 2.24) is 10.6 Å². The molecule has 2 N–H and O–H groups in total. The lowest BCUT2D eigenvalue weighted by molar-refractivity contribution is -0.122. The highest BCUT2D eigenvalue weighted by molar-refractivity contribution is 6.35. The Morgan fingerprint density at radius 1 is 1.32 bits per heavy atom. The maximum atomic E-state index is 11.8. The fraction of sp³-hybridized carbons (Fsp3) is 0.533. The van der Waals surface area contributed by atoms with E-state index in [9.17, 15) is 4.79 Å². The van der Waals surface area contributed by atoms with Crippen molar-refractivity contribution in [3.05, 3.63) is 28.2 Å². The van der Waals surface area contributed by atoms with E-state index in [0.717, 1.165) is 25.9 Å². The van der Waals surface area contributed by atoms with Crippen molar-refractivity contribution in [3.63, 3.8) is 0 Å². The summed E-state index contributed by atoms with van der Waals surface area (Å²) in [6, 6.07) is 5.42. The Morgan fingerprint density at radius 3 is 2.73 bits per heavy atom. The molecule has 1 aromatic carbocycles. The smallest absolute Gasteiger partial charge is 0.220 e. The van der Waals surface area contributed by atoms with Gasteiger partial charge in [-0.3, -0.25) is 4.79 Å². The van der Waals surface area contributed by atoms with Crippen LogP contribution in [0.25, 0.3) is 0 Å². The lowest BCUT2D eigenvalue weighted by Gasteiger charge is -2.23. The summed E-state index contributed by atoms with van der Waals surface area (Å²) in [7, 11) is 0. The molecule has 0 spiro atoms. The van der Waals surface area contributed by atoms with Crippen LogP contribution in [0, 0.1) is 0 Å². The SMILES string of the molecule is Cl.O=C(CCCOc1ccc(Cl)cc1Cl)NC1CCNCC1. The van der Waals surface area contributed by atoms with Gasteiger partial charge in [0.1, 0.15) is 5.75 Å². The summed E-state index contributed by atoms with van der Waals surface area (Å²) in [5, 5.41) is 7.40. The molecule has 0 saturated carbocycles. The van der Waals surface area contributed by atoms with E-state index in [1.54, 1.807) is 18.2 Å². The quantitative estimate of drug-likeness (QED) is 0.757. The van der Waals surface area contributed by atoms with Crippen LogP contribution in [0.15, 0.2) is 18.2 Å². The topological polar surface area (TPSA) is 50.4 Å². The predicted molar refractivity (Wildman–Crippen MR) is 92.5 cm³/mol. The molecule has 0 aromatic heterocycles. The third-order valence-corrected chi connectivity index (χ3v) is 3.93. The zero-order valence-electron chi connectivity index (χ0n) is 12.2. The molecule has 0 aliphatic carbocycles. The summed E-state index contributed by atoms with van der Waals surface area (Å²) in [5.41, 5.74) is 0. The third kappa shape index (κ3) is 6.61. The summed E-state index contributed by atoms with van der Waals surface area (Å²) in [6.07, 6.45) is 3.14. The minimum absolute atomic E-state index is 0. The van der Waals surface area contributed by atoms with E-state index < -0.39 is 0 Å². The predicted octanol–water partition coefficient (Wildman–Crippen LogP) is 3.44. The number of carbonyl (C=O) groups is 1. The van der Waals surface area contributed by atoms with E-state index in [2.05, 4.69) is 10.6 Å². The van der Waals surface area contributed by atoms with Gasteiger partial charge in [0.2, 0.25) is 5.91 Å². The van der Waals surface area contributed by atoms with E-state index in [1.807, 2.05) is 0 Å². The maximum Gasteiger partial charge on any atom is 0.220 e. The third-order valence-electron chi connectivity index (χ3n) is 3.40.